The Kier molecular flexibility index (Phi) is 5.41. The lowest BCUT2D eigenvalue weighted by Crippen LogP contribution is -2.28. The van der Waals surface area contributed by atoms with Crippen LogP contribution in [0.3, 0.4) is 0 Å². The molecule has 0 atom stereocenters. The zero-order chi connectivity index (χ0) is 14.4. The van der Waals surface area contributed by atoms with Crippen molar-refractivity contribution in [1.29, 1.82) is 0 Å². The van der Waals surface area contributed by atoms with Crippen LogP contribution in [0.5, 0.6) is 5.75 Å². The highest BCUT2D eigenvalue weighted by atomic mass is 16.5. The maximum absolute atomic E-state index is 11.5. The lowest BCUT2D eigenvalue weighted by Gasteiger charge is -2.10. The molecule has 2 rings (SSSR count). The fourth-order valence-electron chi connectivity index (χ4n) is 1.92. The molecule has 1 fully saturated rings. The molecule has 0 radical (unpaired) electrons. The van der Waals surface area contributed by atoms with Gasteiger partial charge in [-0.05, 0) is 44.4 Å². The van der Waals surface area contributed by atoms with Gasteiger partial charge >= 0.3 is 0 Å². The van der Waals surface area contributed by atoms with Gasteiger partial charge in [-0.1, -0.05) is 12.1 Å². The standard InChI is InChI=1S/C16H24N2O2/c1-12(2)20-15-7-3-13(4-8-15)11-17-10-9-16(19)18-14-5-6-14/h3-4,7-8,12,14,17H,5-6,9-11H2,1-2H3,(H,18,19). The summed E-state index contributed by atoms with van der Waals surface area (Å²) in [5.74, 6) is 1.05. The summed E-state index contributed by atoms with van der Waals surface area (Å²) in [4.78, 5) is 11.5. The molecule has 0 saturated heterocycles. The molecule has 0 bridgehead atoms. The fraction of sp³-hybridized carbons (Fsp3) is 0.562. The van der Waals surface area contributed by atoms with Gasteiger partial charge in [0.2, 0.25) is 5.91 Å². The van der Waals surface area contributed by atoms with Gasteiger partial charge < -0.3 is 15.4 Å². The van der Waals surface area contributed by atoms with E-state index in [4.69, 9.17) is 4.74 Å². The average Bonchev–Trinajstić information content (AvgIpc) is 3.20. The summed E-state index contributed by atoms with van der Waals surface area (Å²) in [5, 5.41) is 6.27. The van der Waals surface area contributed by atoms with E-state index in [0.717, 1.165) is 25.1 Å². The first-order valence-electron chi connectivity index (χ1n) is 7.39. The van der Waals surface area contributed by atoms with Crippen LogP contribution in [-0.2, 0) is 11.3 Å². The fourth-order valence-corrected chi connectivity index (χ4v) is 1.92. The van der Waals surface area contributed by atoms with Crippen molar-refractivity contribution in [2.24, 2.45) is 0 Å². The van der Waals surface area contributed by atoms with E-state index in [1.54, 1.807) is 0 Å². The first kappa shape index (κ1) is 14.9. The summed E-state index contributed by atoms with van der Waals surface area (Å²) in [6, 6.07) is 8.52. The number of ether oxygens (including phenoxy) is 1. The number of benzene rings is 1. The van der Waals surface area contributed by atoms with Gasteiger partial charge in [0.05, 0.1) is 6.10 Å². The molecule has 0 aliphatic heterocycles. The van der Waals surface area contributed by atoms with Crippen LogP contribution in [0.25, 0.3) is 0 Å². The SMILES string of the molecule is CC(C)Oc1ccc(CNCCC(=O)NC2CC2)cc1. The highest BCUT2D eigenvalue weighted by Gasteiger charge is 2.22. The van der Waals surface area contributed by atoms with Crippen molar-refractivity contribution in [3.05, 3.63) is 29.8 Å². The Morgan fingerprint density at radius 3 is 2.60 bits per heavy atom. The number of hydrogen-bond acceptors (Lipinski definition) is 3. The van der Waals surface area contributed by atoms with Gasteiger partial charge in [-0.2, -0.15) is 0 Å². The number of carbonyl (C=O) groups excluding carboxylic acids is 1. The second kappa shape index (κ2) is 7.29. The third-order valence-corrected chi connectivity index (χ3v) is 3.10. The monoisotopic (exact) mass is 276 g/mol. The molecule has 0 heterocycles. The van der Waals surface area contributed by atoms with Crippen molar-refractivity contribution < 1.29 is 9.53 Å². The summed E-state index contributed by atoms with van der Waals surface area (Å²) in [7, 11) is 0. The molecule has 2 N–H and O–H groups in total. The summed E-state index contributed by atoms with van der Waals surface area (Å²) in [5.41, 5.74) is 1.20. The van der Waals surface area contributed by atoms with Crippen molar-refractivity contribution >= 4 is 5.91 Å². The zero-order valence-electron chi connectivity index (χ0n) is 12.3. The molecular weight excluding hydrogens is 252 g/mol. The highest BCUT2D eigenvalue weighted by Crippen LogP contribution is 2.18. The third-order valence-electron chi connectivity index (χ3n) is 3.10. The van der Waals surface area contributed by atoms with Crippen molar-refractivity contribution in [2.45, 2.75) is 51.8 Å². The van der Waals surface area contributed by atoms with E-state index in [9.17, 15) is 4.79 Å². The number of nitrogens with one attached hydrogen (secondary N) is 2. The van der Waals surface area contributed by atoms with E-state index < -0.39 is 0 Å². The number of carbonyl (C=O) groups is 1. The van der Waals surface area contributed by atoms with E-state index in [1.807, 2.05) is 26.0 Å². The lowest BCUT2D eigenvalue weighted by molar-refractivity contribution is -0.121. The second-order valence-electron chi connectivity index (χ2n) is 5.58. The van der Waals surface area contributed by atoms with Crippen LogP contribution >= 0.6 is 0 Å². The maximum atomic E-state index is 11.5. The van der Waals surface area contributed by atoms with E-state index >= 15 is 0 Å². The van der Waals surface area contributed by atoms with Crippen LogP contribution in [0.4, 0.5) is 0 Å². The maximum Gasteiger partial charge on any atom is 0.221 e. The lowest BCUT2D eigenvalue weighted by atomic mass is 10.2. The molecule has 0 unspecified atom stereocenters. The normalized spacial score (nSPS) is 14.3. The van der Waals surface area contributed by atoms with Crippen LogP contribution < -0.4 is 15.4 Å². The molecule has 1 saturated carbocycles. The Balaban J connectivity index is 1.62. The van der Waals surface area contributed by atoms with Crippen molar-refractivity contribution in [1.82, 2.24) is 10.6 Å². The smallest absolute Gasteiger partial charge is 0.221 e. The van der Waals surface area contributed by atoms with Gasteiger partial charge in [0.25, 0.3) is 0 Å². The van der Waals surface area contributed by atoms with Crippen LogP contribution in [0.1, 0.15) is 38.7 Å². The van der Waals surface area contributed by atoms with Crippen molar-refractivity contribution in [3.8, 4) is 5.75 Å². The molecule has 1 aliphatic carbocycles. The van der Waals surface area contributed by atoms with E-state index in [2.05, 4.69) is 22.8 Å². The molecule has 0 spiro atoms. The number of amides is 1. The largest absolute Gasteiger partial charge is 0.491 e. The molecule has 0 aromatic heterocycles. The average molecular weight is 276 g/mol. The van der Waals surface area contributed by atoms with Gasteiger partial charge in [0, 0.05) is 25.6 Å². The first-order chi connectivity index (χ1) is 9.63. The molecule has 1 aromatic rings. The van der Waals surface area contributed by atoms with Crippen LogP contribution in [0.2, 0.25) is 0 Å². The van der Waals surface area contributed by atoms with Crippen molar-refractivity contribution in [3.63, 3.8) is 0 Å². The van der Waals surface area contributed by atoms with Crippen LogP contribution in [0, 0.1) is 0 Å². The Morgan fingerprint density at radius 2 is 2.00 bits per heavy atom. The Bertz CT molecular complexity index is 425. The molecule has 1 aliphatic rings. The summed E-state index contributed by atoms with van der Waals surface area (Å²) in [6.07, 6.45) is 3.03. The quantitative estimate of drug-likeness (QED) is 0.716. The minimum atomic E-state index is 0.153. The molecule has 4 nitrogen and oxygen atoms in total. The van der Waals surface area contributed by atoms with Gasteiger partial charge in [-0.25, -0.2) is 0 Å². The zero-order valence-corrected chi connectivity index (χ0v) is 12.3. The Labute approximate surface area is 120 Å². The number of hydrogen-bond donors (Lipinski definition) is 2. The van der Waals surface area contributed by atoms with Gasteiger partial charge in [0.1, 0.15) is 5.75 Å². The van der Waals surface area contributed by atoms with Gasteiger partial charge in [-0.15, -0.1) is 0 Å². The third kappa shape index (κ3) is 5.61. The minimum Gasteiger partial charge on any atom is -0.491 e. The molecular formula is C16H24N2O2. The van der Waals surface area contributed by atoms with Crippen molar-refractivity contribution in [2.75, 3.05) is 6.54 Å². The minimum absolute atomic E-state index is 0.153. The van der Waals surface area contributed by atoms with Crippen LogP contribution in [0.15, 0.2) is 24.3 Å². The Hall–Kier alpha value is -1.55. The van der Waals surface area contributed by atoms with E-state index in [-0.39, 0.29) is 12.0 Å². The predicted molar refractivity (Wildman–Crippen MR) is 79.7 cm³/mol. The predicted octanol–water partition coefficient (Wildman–Crippen LogP) is 2.23. The Morgan fingerprint density at radius 1 is 1.30 bits per heavy atom. The number of rotatable bonds is 8. The summed E-state index contributed by atoms with van der Waals surface area (Å²) in [6.45, 7) is 5.52. The second-order valence-corrected chi connectivity index (χ2v) is 5.58. The first-order valence-corrected chi connectivity index (χ1v) is 7.39. The topological polar surface area (TPSA) is 50.4 Å². The van der Waals surface area contributed by atoms with Gasteiger partial charge in [0.15, 0.2) is 0 Å². The molecule has 4 heteroatoms. The highest BCUT2D eigenvalue weighted by molar-refractivity contribution is 5.76. The van der Waals surface area contributed by atoms with Gasteiger partial charge in [-0.3, -0.25) is 4.79 Å². The molecule has 110 valence electrons. The molecule has 1 aromatic carbocycles. The molecule has 20 heavy (non-hydrogen) atoms. The van der Waals surface area contributed by atoms with Crippen LogP contribution in [-0.4, -0.2) is 24.6 Å². The van der Waals surface area contributed by atoms with E-state index in [0.29, 0.717) is 19.0 Å². The van der Waals surface area contributed by atoms with E-state index in [1.165, 1.54) is 5.56 Å². The summed E-state index contributed by atoms with van der Waals surface area (Å²) >= 11 is 0. The summed E-state index contributed by atoms with van der Waals surface area (Å²) < 4.78 is 5.60. The molecule has 1 amide bonds.